The SMILES string of the molecule is C=Cc1ccc2c(NC)nc3nnc(-c4cccc(F)c4)n3c2c1. The molecule has 2 aromatic heterocycles. The van der Waals surface area contributed by atoms with Crippen LogP contribution < -0.4 is 5.32 Å². The van der Waals surface area contributed by atoms with Crippen molar-refractivity contribution in [1.82, 2.24) is 19.6 Å². The first-order valence-electron chi connectivity index (χ1n) is 7.46. The zero-order chi connectivity index (χ0) is 16.7. The van der Waals surface area contributed by atoms with Crippen molar-refractivity contribution in [3.63, 3.8) is 0 Å². The van der Waals surface area contributed by atoms with Crippen molar-refractivity contribution >= 4 is 28.6 Å². The molecule has 0 aliphatic carbocycles. The van der Waals surface area contributed by atoms with Gasteiger partial charge >= 0.3 is 0 Å². The molecule has 0 unspecified atom stereocenters. The van der Waals surface area contributed by atoms with E-state index < -0.39 is 0 Å². The molecule has 6 heteroatoms. The fourth-order valence-electron chi connectivity index (χ4n) is 2.80. The van der Waals surface area contributed by atoms with Crippen LogP contribution in [0.2, 0.25) is 0 Å². The third-order valence-corrected chi connectivity index (χ3v) is 3.93. The van der Waals surface area contributed by atoms with Crippen LogP contribution in [-0.2, 0) is 0 Å². The van der Waals surface area contributed by atoms with E-state index in [1.165, 1.54) is 12.1 Å². The number of nitrogens with one attached hydrogen (secondary N) is 1. The highest BCUT2D eigenvalue weighted by Crippen LogP contribution is 2.28. The highest BCUT2D eigenvalue weighted by molar-refractivity contribution is 5.93. The molecule has 0 bridgehead atoms. The predicted molar refractivity (Wildman–Crippen MR) is 93.3 cm³/mol. The highest BCUT2D eigenvalue weighted by Gasteiger charge is 2.15. The average molecular weight is 319 g/mol. The monoisotopic (exact) mass is 319 g/mol. The quantitative estimate of drug-likeness (QED) is 0.624. The molecule has 0 saturated carbocycles. The highest BCUT2D eigenvalue weighted by atomic mass is 19.1. The van der Waals surface area contributed by atoms with Crippen molar-refractivity contribution in [2.75, 3.05) is 12.4 Å². The molecule has 0 aliphatic heterocycles. The van der Waals surface area contributed by atoms with Gasteiger partial charge in [-0.05, 0) is 29.8 Å². The molecule has 5 nitrogen and oxygen atoms in total. The summed E-state index contributed by atoms with van der Waals surface area (Å²) in [5.41, 5.74) is 2.49. The van der Waals surface area contributed by atoms with Crippen LogP contribution >= 0.6 is 0 Å². The molecule has 0 aliphatic rings. The first-order valence-corrected chi connectivity index (χ1v) is 7.46. The zero-order valence-electron chi connectivity index (χ0n) is 13.0. The van der Waals surface area contributed by atoms with Gasteiger partial charge in [0, 0.05) is 18.0 Å². The Balaban J connectivity index is 2.14. The number of nitrogens with zero attached hydrogens (tertiary/aromatic N) is 4. The Kier molecular flexibility index (Phi) is 3.23. The average Bonchev–Trinajstić information content (AvgIpc) is 3.04. The second-order valence-electron chi connectivity index (χ2n) is 5.36. The van der Waals surface area contributed by atoms with Crippen LogP contribution in [0.5, 0.6) is 0 Å². The Morgan fingerprint density at radius 2 is 2.04 bits per heavy atom. The lowest BCUT2D eigenvalue weighted by Gasteiger charge is -2.10. The van der Waals surface area contributed by atoms with Gasteiger partial charge in [0.2, 0.25) is 0 Å². The molecule has 2 aromatic carbocycles. The molecule has 0 atom stereocenters. The van der Waals surface area contributed by atoms with E-state index in [1.807, 2.05) is 29.6 Å². The largest absolute Gasteiger partial charge is 0.372 e. The number of anilines is 1. The number of fused-ring (bicyclic) bond motifs is 3. The molecule has 0 saturated heterocycles. The van der Waals surface area contributed by atoms with E-state index in [0.29, 0.717) is 23.0 Å². The van der Waals surface area contributed by atoms with Crippen molar-refractivity contribution in [2.45, 2.75) is 0 Å². The van der Waals surface area contributed by atoms with E-state index in [-0.39, 0.29) is 5.82 Å². The maximum absolute atomic E-state index is 13.6. The van der Waals surface area contributed by atoms with Crippen molar-refractivity contribution in [3.05, 3.63) is 60.4 Å². The Hall–Kier alpha value is -3.28. The minimum absolute atomic E-state index is 0.319. The van der Waals surface area contributed by atoms with Crippen molar-refractivity contribution in [3.8, 4) is 11.4 Å². The van der Waals surface area contributed by atoms with Crippen LogP contribution in [0.25, 0.3) is 34.1 Å². The lowest BCUT2D eigenvalue weighted by molar-refractivity contribution is 0.628. The van der Waals surface area contributed by atoms with Gasteiger partial charge in [0.15, 0.2) is 5.82 Å². The molecular formula is C18H14FN5. The van der Waals surface area contributed by atoms with Crippen molar-refractivity contribution < 1.29 is 4.39 Å². The smallest absolute Gasteiger partial charge is 0.257 e. The van der Waals surface area contributed by atoms with E-state index >= 15 is 0 Å². The first kappa shape index (κ1) is 14.3. The molecule has 0 fully saturated rings. The van der Waals surface area contributed by atoms with E-state index in [2.05, 4.69) is 27.1 Å². The summed E-state index contributed by atoms with van der Waals surface area (Å²) in [6.07, 6.45) is 1.77. The van der Waals surface area contributed by atoms with E-state index in [0.717, 1.165) is 16.5 Å². The summed E-state index contributed by atoms with van der Waals surface area (Å²) < 4.78 is 15.4. The van der Waals surface area contributed by atoms with Crippen molar-refractivity contribution in [1.29, 1.82) is 0 Å². The first-order chi connectivity index (χ1) is 11.7. The van der Waals surface area contributed by atoms with Crippen LogP contribution in [0.3, 0.4) is 0 Å². The standard InChI is InChI=1S/C18H14FN5/c1-3-11-7-8-14-15(9-11)24-17(12-5-4-6-13(19)10-12)22-23-18(24)21-16(14)20-2/h3-10H,1H2,2H3,(H,20,21,23). The Morgan fingerprint density at radius 1 is 1.17 bits per heavy atom. The topological polar surface area (TPSA) is 55.1 Å². The maximum Gasteiger partial charge on any atom is 0.257 e. The zero-order valence-corrected chi connectivity index (χ0v) is 13.0. The molecule has 2 heterocycles. The fourth-order valence-corrected chi connectivity index (χ4v) is 2.80. The van der Waals surface area contributed by atoms with Gasteiger partial charge in [0.05, 0.1) is 5.52 Å². The van der Waals surface area contributed by atoms with Gasteiger partial charge in [0.1, 0.15) is 11.6 Å². The summed E-state index contributed by atoms with van der Waals surface area (Å²) in [6.45, 7) is 3.82. The normalized spacial score (nSPS) is 11.1. The van der Waals surface area contributed by atoms with Crippen LogP contribution in [0.1, 0.15) is 5.56 Å². The van der Waals surface area contributed by atoms with Crippen LogP contribution in [0, 0.1) is 5.82 Å². The second kappa shape index (κ2) is 5.42. The number of aromatic nitrogens is 4. The third kappa shape index (κ3) is 2.11. The lowest BCUT2D eigenvalue weighted by Crippen LogP contribution is -2.01. The maximum atomic E-state index is 13.6. The van der Waals surface area contributed by atoms with Crippen LogP contribution in [0.15, 0.2) is 49.0 Å². The molecule has 118 valence electrons. The van der Waals surface area contributed by atoms with E-state index in [1.54, 1.807) is 18.2 Å². The summed E-state index contributed by atoms with van der Waals surface area (Å²) in [5.74, 6) is 1.39. The summed E-state index contributed by atoms with van der Waals surface area (Å²) >= 11 is 0. The molecule has 0 amide bonds. The minimum Gasteiger partial charge on any atom is -0.372 e. The number of halogens is 1. The Labute approximate surface area is 137 Å². The second-order valence-corrected chi connectivity index (χ2v) is 5.36. The third-order valence-electron chi connectivity index (χ3n) is 3.93. The van der Waals surface area contributed by atoms with Gasteiger partial charge in [-0.2, -0.15) is 4.98 Å². The molecular weight excluding hydrogens is 305 g/mol. The van der Waals surface area contributed by atoms with Gasteiger partial charge in [-0.1, -0.05) is 30.9 Å². The fraction of sp³-hybridized carbons (Fsp3) is 0.0556. The summed E-state index contributed by atoms with van der Waals surface area (Å²) in [7, 11) is 1.81. The van der Waals surface area contributed by atoms with Gasteiger partial charge < -0.3 is 5.32 Å². The number of hydrogen-bond donors (Lipinski definition) is 1. The van der Waals surface area contributed by atoms with Crippen LogP contribution in [-0.4, -0.2) is 26.6 Å². The molecule has 0 spiro atoms. The van der Waals surface area contributed by atoms with Crippen LogP contribution in [0.4, 0.5) is 10.2 Å². The minimum atomic E-state index is -0.319. The predicted octanol–water partition coefficient (Wildman–Crippen LogP) is 3.77. The van der Waals surface area contributed by atoms with Gasteiger partial charge in [-0.3, -0.25) is 4.40 Å². The van der Waals surface area contributed by atoms with E-state index in [9.17, 15) is 4.39 Å². The number of benzene rings is 2. The van der Waals surface area contributed by atoms with Gasteiger partial charge in [0.25, 0.3) is 5.78 Å². The summed E-state index contributed by atoms with van der Waals surface area (Å²) in [4.78, 5) is 4.50. The summed E-state index contributed by atoms with van der Waals surface area (Å²) in [5, 5.41) is 12.4. The summed E-state index contributed by atoms with van der Waals surface area (Å²) in [6, 6.07) is 12.2. The van der Waals surface area contributed by atoms with E-state index in [4.69, 9.17) is 0 Å². The Bertz CT molecular complexity index is 1080. The number of hydrogen-bond acceptors (Lipinski definition) is 4. The molecule has 1 N–H and O–H groups in total. The molecule has 4 rings (SSSR count). The molecule has 24 heavy (non-hydrogen) atoms. The van der Waals surface area contributed by atoms with Gasteiger partial charge in [-0.15, -0.1) is 10.2 Å². The van der Waals surface area contributed by atoms with Gasteiger partial charge in [-0.25, -0.2) is 4.39 Å². The number of rotatable bonds is 3. The lowest BCUT2D eigenvalue weighted by atomic mass is 10.1. The van der Waals surface area contributed by atoms with Crippen molar-refractivity contribution in [2.24, 2.45) is 0 Å². The Morgan fingerprint density at radius 3 is 2.79 bits per heavy atom. The molecule has 0 radical (unpaired) electrons. The molecule has 4 aromatic rings.